The summed E-state index contributed by atoms with van der Waals surface area (Å²) in [4.78, 5) is 0. The summed E-state index contributed by atoms with van der Waals surface area (Å²) in [6.45, 7) is 0. The van der Waals surface area contributed by atoms with Crippen LogP contribution < -0.4 is 5.32 Å². The molecule has 0 aliphatic rings. The summed E-state index contributed by atoms with van der Waals surface area (Å²) in [7, 11) is 0. The average molecular weight is 219 g/mol. The number of halogens is 1. The molecular formula is C12H9ClNO. The van der Waals surface area contributed by atoms with Gasteiger partial charge in [0.1, 0.15) is 5.75 Å². The van der Waals surface area contributed by atoms with Gasteiger partial charge >= 0.3 is 0 Å². The zero-order valence-corrected chi connectivity index (χ0v) is 8.62. The van der Waals surface area contributed by atoms with Gasteiger partial charge < -0.3 is 10.4 Å². The van der Waals surface area contributed by atoms with Gasteiger partial charge in [0.05, 0.1) is 0 Å². The van der Waals surface area contributed by atoms with Gasteiger partial charge in [0.15, 0.2) is 0 Å². The third kappa shape index (κ3) is 2.64. The quantitative estimate of drug-likeness (QED) is 0.755. The lowest BCUT2D eigenvalue weighted by molar-refractivity contribution is 0.475. The van der Waals surface area contributed by atoms with E-state index < -0.39 is 0 Å². The van der Waals surface area contributed by atoms with Crippen LogP contribution in [0, 0.1) is 6.07 Å². The topological polar surface area (TPSA) is 32.3 Å². The number of benzene rings is 2. The van der Waals surface area contributed by atoms with Crippen LogP contribution in [0.4, 0.5) is 11.4 Å². The molecule has 2 N–H and O–H groups in total. The number of aromatic hydroxyl groups is 1. The molecule has 3 heteroatoms. The van der Waals surface area contributed by atoms with E-state index in [0.717, 1.165) is 11.4 Å². The van der Waals surface area contributed by atoms with Crippen molar-refractivity contribution < 1.29 is 5.11 Å². The molecule has 0 aliphatic carbocycles. The number of nitrogens with one attached hydrogen (secondary N) is 1. The van der Waals surface area contributed by atoms with Gasteiger partial charge in [-0.2, -0.15) is 0 Å². The highest BCUT2D eigenvalue weighted by atomic mass is 35.5. The van der Waals surface area contributed by atoms with Crippen LogP contribution in [0.15, 0.2) is 42.5 Å². The van der Waals surface area contributed by atoms with E-state index in [1.54, 1.807) is 12.1 Å². The van der Waals surface area contributed by atoms with Crippen LogP contribution in [0.3, 0.4) is 0 Å². The lowest BCUT2D eigenvalue weighted by Crippen LogP contribution is -1.88. The van der Waals surface area contributed by atoms with Crippen LogP contribution in [0.25, 0.3) is 0 Å². The van der Waals surface area contributed by atoms with Gasteiger partial charge in [0, 0.05) is 22.5 Å². The number of phenols is 1. The molecule has 0 fully saturated rings. The Balaban J connectivity index is 2.15. The van der Waals surface area contributed by atoms with E-state index in [1.807, 2.05) is 24.3 Å². The van der Waals surface area contributed by atoms with Crippen molar-refractivity contribution in [2.24, 2.45) is 0 Å². The summed E-state index contributed by atoms with van der Waals surface area (Å²) in [5, 5.41) is 12.9. The van der Waals surface area contributed by atoms with Crippen molar-refractivity contribution in [2.45, 2.75) is 0 Å². The van der Waals surface area contributed by atoms with Crippen molar-refractivity contribution in [2.75, 3.05) is 5.32 Å². The highest BCUT2D eigenvalue weighted by Gasteiger charge is 1.95. The molecule has 0 aromatic heterocycles. The molecule has 1 radical (unpaired) electrons. The summed E-state index contributed by atoms with van der Waals surface area (Å²) in [5.74, 6) is 0.205. The number of phenolic OH excluding ortho intramolecular Hbond substituents is 1. The zero-order chi connectivity index (χ0) is 10.7. The average Bonchev–Trinajstić information content (AvgIpc) is 2.25. The number of hydrogen-bond donors (Lipinski definition) is 2. The highest BCUT2D eigenvalue weighted by Crippen LogP contribution is 2.20. The molecule has 2 aromatic carbocycles. The normalized spacial score (nSPS) is 9.93. The maximum Gasteiger partial charge on any atom is 0.116 e. The third-order valence-corrected chi connectivity index (χ3v) is 2.17. The Labute approximate surface area is 93.1 Å². The predicted octanol–water partition coefficient (Wildman–Crippen LogP) is 3.59. The van der Waals surface area contributed by atoms with Crippen LogP contribution in [0.5, 0.6) is 5.75 Å². The van der Waals surface area contributed by atoms with Gasteiger partial charge in [0.25, 0.3) is 0 Å². The molecule has 0 aliphatic heterocycles. The minimum absolute atomic E-state index is 0.205. The molecule has 2 rings (SSSR count). The Morgan fingerprint density at radius 3 is 2.40 bits per heavy atom. The van der Waals surface area contributed by atoms with Gasteiger partial charge in [-0.3, -0.25) is 0 Å². The Morgan fingerprint density at radius 1 is 1.07 bits per heavy atom. The minimum Gasteiger partial charge on any atom is -0.508 e. The first-order valence-electron chi connectivity index (χ1n) is 4.47. The zero-order valence-electron chi connectivity index (χ0n) is 7.87. The molecular weight excluding hydrogens is 210 g/mol. The second-order valence-corrected chi connectivity index (χ2v) is 3.53. The van der Waals surface area contributed by atoms with Gasteiger partial charge in [-0.1, -0.05) is 11.6 Å². The molecule has 0 saturated heterocycles. The SMILES string of the molecule is Oc1c[c]c(Nc2ccc(Cl)cc2)cc1. The Morgan fingerprint density at radius 2 is 1.80 bits per heavy atom. The van der Waals surface area contributed by atoms with Crippen molar-refractivity contribution in [1.82, 2.24) is 0 Å². The van der Waals surface area contributed by atoms with Crippen molar-refractivity contribution in [3.05, 3.63) is 53.6 Å². The first kappa shape index (κ1) is 9.87. The van der Waals surface area contributed by atoms with E-state index in [0.29, 0.717) is 5.02 Å². The van der Waals surface area contributed by atoms with Gasteiger partial charge in [-0.05, 0) is 42.5 Å². The van der Waals surface area contributed by atoms with Crippen molar-refractivity contribution in [3.63, 3.8) is 0 Å². The number of anilines is 2. The molecule has 2 aromatic rings. The van der Waals surface area contributed by atoms with E-state index in [4.69, 9.17) is 16.7 Å². The lowest BCUT2D eigenvalue weighted by atomic mass is 10.2. The summed E-state index contributed by atoms with van der Waals surface area (Å²) in [6, 6.07) is 15.2. The summed E-state index contributed by atoms with van der Waals surface area (Å²) in [5.41, 5.74) is 1.73. The van der Waals surface area contributed by atoms with Gasteiger partial charge in [-0.25, -0.2) is 0 Å². The lowest BCUT2D eigenvalue weighted by Gasteiger charge is -2.05. The van der Waals surface area contributed by atoms with Crippen molar-refractivity contribution in [1.29, 1.82) is 0 Å². The molecule has 0 heterocycles. The standard InChI is InChI=1S/C12H9ClNO/c13-9-1-3-10(4-2-9)14-11-5-7-12(15)8-6-11/h1-5,7-8,14-15H. The first-order chi connectivity index (χ1) is 7.24. The fourth-order valence-electron chi connectivity index (χ4n) is 1.18. The van der Waals surface area contributed by atoms with E-state index in [-0.39, 0.29) is 5.75 Å². The van der Waals surface area contributed by atoms with E-state index in [1.165, 1.54) is 6.07 Å². The van der Waals surface area contributed by atoms with Crippen LogP contribution in [-0.2, 0) is 0 Å². The summed E-state index contributed by atoms with van der Waals surface area (Å²) < 4.78 is 0. The smallest absolute Gasteiger partial charge is 0.116 e. The predicted molar refractivity (Wildman–Crippen MR) is 61.7 cm³/mol. The minimum atomic E-state index is 0.205. The summed E-state index contributed by atoms with van der Waals surface area (Å²) in [6.07, 6.45) is 0. The fourth-order valence-corrected chi connectivity index (χ4v) is 1.31. The van der Waals surface area contributed by atoms with E-state index in [2.05, 4.69) is 11.4 Å². The highest BCUT2D eigenvalue weighted by molar-refractivity contribution is 6.30. The Bertz CT molecular complexity index is 393. The monoisotopic (exact) mass is 218 g/mol. The molecule has 0 unspecified atom stereocenters. The maximum atomic E-state index is 9.08. The van der Waals surface area contributed by atoms with Crippen LogP contribution in [0.1, 0.15) is 0 Å². The second kappa shape index (κ2) is 4.24. The molecule has 15 heavy (non-hydrogen) atoms. The maximum absolute atomic E-state index is 9.08. The van der Waals surface area contributed by atoms with Gasteiger partial charge in [-0.15, -0.1) is 0 Å². The van der Waals surface area contributed by atoms with Crippen LogP contribution >= 0.6 is 11.6 Å². The van der Waals surface area contributed by atoms with E-state index in [9.17, 15) is 0 Å². The van der Waals surface area contributed by atoms with Crippen LogP contribution in [0.2, 0.25) is 5.02 Å². The van der Waals surface area contributed by atoms with Crippen molar-refractivity contribution >= 4 is 23.0 Å². The second-order valence-electron chi connectivity index (χ2n) is 3.09. The number of hydrogen-bond acceptors (Lipinski definition) is 2. The molecule has 0 saturated carbocycles. The molecule has 0 spiro atoms. The number of rotatable bonds is 2. The Kier molecular flexibility index (Phi) is 2.79. The van der Waals surface area contributed by atoms with Crippen LogP contribution in [-0.4, -0.2) is 5.11 Å². The Hall–Kier alpha value is -1.67. The fraction of sp³-hybridized carbons (Fsp3) is 0. The van der Waals surface area contributed by atoms with Crippen molar-refractivity contribution in [3.8, 4) is 5.75 Å². The molecule has 0 amide bonds. The largest absolute Gasteiger partial charge is 0.508 e. The molecule has 0 atom stereocenters. The third-order valence-electron chi connectivity index (χ3n) is 1.92. The first-order valence-corrected chi connectivity index (χ1v) is 4.85. The van der Waals surface area contributed by atoms with Gasteiger partial charge in [0.2, 0.25) is 0 Å². The summed E-state index contributed by atoms with van der Waals surface area (Å²) >= 11 is 5.77. The molecule has 0 bridgehead atoms. The molecule has 2 nitrogen and oxygen atoms in total. The molecule has 75 valence electrons. The van der Waals surface area contributed by atoms with E-state index >= 15 is 0 Å².